The van der Waals surface area contributed by atoms with E-state index in [-0.39, 0.29) is 17.5 Å². The summed E-state index contributed by atoms with van der Waals surface area (Å²) in [5, 5.41) is 21.8. The molecule has 0 aromatic heterocycles. The number of nitro benzene ring substituents is 2. The predicted octanol–water partition coefficient (Wildman–Crippen LogP) is 2.91. The van der Waals surface area contributed by atoms with Gasteiger partial charge in [-0.2, -0.15) is 0 Å². The Balaban J connectivity index is 1.79. The van der Waals surface area contributed by atoms with Gasteiger partial charge in [-0.05, 0) is 18.8 Å². The Hall–Kier alpha value is -2.51. The Morgan fingerprint density at radius 1 is 1.00 bits per heavy atom. The Morgan fingerprint density at radius 3 is 2.09 bits per heavy atom. The Bertz CT molecular complexity index is 637. The van der Waals surface area contributed by atoms with Gasteiger partial charge in [-0.1, -0.05) is 19.3 Å². The van der Waals surface area contributed by atoms with E-state index < -0.39 is 21.2 Å². The number of carbonyl (C=O) groups is 1. The van der Waals surface area contributed by atoms with Crippen molar-refractivity contribution in [1.82, 2.24) is 4.90 Å². The molecule has 0 spiro atoms. The fourth-order valence-electron chi connectivity index (χ4n) is 3.41. The molecule has 0 bridgehead atoms. The van der Waals surface area contributed by atoms with Crippen molar-refractivity contribution in [2.24, 2.45) is 5.92 Å². The maximum Gasteiger partial charge on any atom is 0.277 e. The lowest BCUT2D eigenvalue weighted by Gasteiger charge is -2.21. The second-order valence-corrected chi connectivity index (χ2v) is 6.18. The van der Waals surface area contributed by atoms with Crippen LogP contribution in [-0.2, 0) is 0 Å². The zero-order valence-corrected chi connectivity index (χ0v) is 12.5. The third-order valence-corrected chi connectivity index (χ3v) is 4.68. The topological polar surface area (TPSA) is 106 Å². The molecule has 1 saturated heterocycles. The molecule has 3 rings (SSSR count). The van der Waals surface area contributed by atoms with Gasteiger partial charge in [0.1, 0.15) is 0 Å². The molecule has 0 N–H and O–H groups in total. The van der Waals surface area contributed by atoms with Gasteiger partial charge in [0.2, 0.25) is 0 Å². The van der Waals surface area contributed by atoms with Crippen LogP contribution in [0.4, 0.5) is 11.4 Å². The second-order valence-electron chi connectivity index (χ2n) is 6.18. The van der Waals surface area contributed by atoms with Crippen LogP contribution in [0.25, 0.3) is 0 Å². The van der Waals surface area contributed by atoms with E-state index in [4.69, 9.17) is 0 Å². The lowest BCUT2D eigenvalue weighted by atomic mass is 9.87. The summed E-state index contributed by atoms with van der Waals surface area (Å²) in [5.74, 6) is 0.133. The minimum absolute atomic E-state index is 0.0178. The van der Waals surface area contributed by atoms with Gasteiger partial charge in [-0.25, -0.2) is 0 Å². The molecule has 1 atom stereocenters. The van der Waals surface area contributed by atoms with Gasteiger partial charge in [-0.15, -0.1) is 0 Å². The minimum Gasteiger partial charge on any atom is -0.332 e. The van der Waals surface area contributed by atoms with Gasteiger partial charge < -0.3 is 4.90 Å². The SMILES string of the molecule is O=C(c1cc([N+](=O)[O-])cc([N+](=O)[O-])c1)N1C[C@H]1C1CCCCC1. The normalized spacial score (nSPS) is 21.0. The van der Waals surface area contributed by atoms with Crippen LogP contribution in [-0.4, -0.2) is 33.2 Å². The summed E-state index contributed by atoms with van der Waals surface area (Å²) in [7, 11) is 0. The van der Waals surface area contributed by atoms with Gasteiger partial charge in [0.15, 0.2) is 0 Å². The molecular weight excluding hydrogens is 302 g/mol. The number of amides is 1. The first-order valence-electron chi connectivity index (χ1n) is 7.72. The molecule has 1 heterocycles. The molecular formula is C15H17N3O5. The maximum atomic E-state index is 12.5. The standard InChI is InChI=1S/C15H17N3O5/c19-15(16-9-14(16)10-4-2-1-3-5-10)11-6-12(17(20)21)8-13(7-11)18(22)23/h6-8,10,14H,1-5,9H2/t14-,16?/m0/s1. The Kier molecular flexibility index (Phi) is 3.97. The van der Waals surface area contributed by atoms with E-state index >= 15 is 0 Å². The first-order valence-corrected chi connectivity index (χ1v) is 7.72. The average molecular weight is 319 g/mol. The van der Waals surface area contributed by atoms with Crippen LogP contribution in [0.15, 0.2) is 18.2 Å². The third kappa shape index (κ3) is 3.15. The number of nitro groups is 2. The highest BCUT2D eigenvalue weighted by Gasteiger charge is 2.44. The molecule has 1 aromatic rings. The lowest BCUT2D eigenvalue weighted by molar-refractivity contribution is -0.394. The summed E-state index contributed by atoms with van der Waals surface area (Å²) in [6.07, 6.45) is 5.78. The maximum absolute atomic E-state index is 12.5. The molecule has 8 nitrogen and oxygen atoms in total. The zero-order valence-electron chi connectivity index (χ0n) is 12.5. The monoisotopic (exact) mass is 319 g/mol. The molecule has 1 aliphatic carbocycles. The largest absolute Gasteiger partial charge is 0.332 e. The zero-order chi connectivity index (χ0) is 16.6. The van der Waals surface area contributed by atoms with Gasteiger partial charge in [0, 0.05) is 18.7 Å². The van der Waals surface area contributed by atoms with Crippen molar-refractivity contribution in [3.63, 3.8) is 0 Å². The summed E-state index contributed by atoms with van der Waals surface area (Å²) in [4.78, 5) is 34.5. The van der Waals surface area contributed by atoms with Crippen molar-refractivity contribution in [2.75, 3.05) is 6.54 Å². The van der Waals surface area contributed by atoms with Crippen LogP contribution >= 0.6 is 0 Å². The first kappa shape index (κ1) is 15.4. The van der Waals surface area contributed by atoms with Gasteiger partial charge in [0.25, 0.3) is 17.3 Å². The number of non-ortho nitro benzene ring substituents is 2. The van der Waals surface area contributed by atoms with Crippen LogP contribution in [0, 0.1) is 26.1 Å². The molecule has 2 fully saturated rings. The fourth-order valence-corrected chi connectivity index (χ4v) is 3.41. The van der Waals surface area contributed by atoms with Crippen LogP contribution in [0.5, 0.6) is 0 Å². The van der Waals surface area contributed by atoms with E-state index in [0.717, 1.165) is 31.0 Å². The molecule has 1 saturated carbocycles. The van der Waals surface area contributed by atoms with E-state index in [1.807, 2.05) is 0 Å². The smallest absolute Gasteiger partial charge is 0.277 e. The highest BCUT2D eigenvalue weighted by atomic mass is 16.6. The summed E-state index contributed by atoms with van der Waals surface area (Å²) >= 11 is 0. The van der Waals surface area contributed by atoms with Crippen molar-refractivity contribution in [3.05, 3.63) is 44.0 Å². The van der Waals surface area contributed by atoms with Crippen LogP contribution < -0.4 is 0 Å². The van der Waals surface area contributed by atoms with E-state index in [1.165, 1.54) is 19.3 Å². The summed E-state index contributed by atoms with van der Waals surface area (Å²) in [6.45, 7) is 0.639. The number of hydrogen-bond donors (Lipinski definition) is 0. The number of carbonyl (C=O) groups excluding carboxylic acids is 1. The molecule has 0 unspecified atom stereocenters. The number of nitrogens with zero attached hydrogens (tertiary/aromatic N) is 3. The fraction of sp³-hybridized carbons (Fsp3) is 0.533. The number of hydrogen-bond acceptors (Lipinski definition) is 5. The highest BCUT2D eigenvalue weighted by Crippen LogP contribution is 2.37. The Labute approximate surface area is 132 Å². The minimum atomic E-state index is -0.718. The van der Waals surface area contributed by atoms with Crippen molar-refractivity contribution in [2.45, 2.75) is 38.1 Å². The van der Waals surface area contributed by atoms with Gasteiger partial charge in [0.05, 0.1) is 27.5 Å². The quantitative estimate of drug-likeness (QED) is 0.482. The van der Waals surface area contributed by atoms with Crippen LogP contribution in [0.2, 0.25) is 0 Å². The average Bonchev–Trinajstić information content (AvgIpc) is 3.35. The van der Waals surface area contributed by atoms with Crippen molar-refractivity contribution < 1.29 is 14.6 Å². The molecule has 23 heavy (non-hydrogen) atoms. The Morgan fingerprint density at radius 2 is 1.57 bits per heavy atom. The molecule has 8 heteroatoms. The van der Waals surface area contributed by atoms with Crippen molar-refractivity contribution >= 4 is 17.3 Å². The molecule has 1 amide bonds. The highest BCUT2D eigenvalue weighted by molar-refractivity contribution is 5.97. The molecule has 122 valence electrons. The second kappa shape index (κ2) is 5.94. The third-order valence-electron chi connectivity index (χ3n) is 4.68. The first-order chi connectivity index (χ1) is 11.0. The predicted molar refractivity (Wildman–Crippen MR) is 81.2 cm³/mol. The van der Waals surface area contributed by atoms with Gasteiger partial charge >= 0.3 is 0 Å². The van der Waals surface area contributed by atoms with E-state index in [9.17, 15) is 25.0 Å². The van der Waals surface area contributed by atoms with Gasteiger partial charge in [-0.3, -0.25) is 25.0 Å². The number of benzene rings is 1. The lowest BCUT2D eigenvalue weighted by Crippen LogP contribution is -2.21. The van der Waals surface area contributed by atoms with Crippen molar-refractivity contribution in [1.29, 1.82) is 0 Å². The molecule has 1 aliphatic heterocycles. The van der Waals surface area contributed by atoms with Crippen LogP contribution in [0.3, 0.4) is 0 Å². The summed E-state index contributed by atoms with van der Waals surface area (Å²) in [6, 6.07) is 3.29. The van der Waals surface area contributed by atoms with E-state index in [2.05, 4.69) is 0 Å². The van der Waals surface area contributed by atoms with E-state index in [0.29, 0.717) is 12.5 Å². The molecule has 2 aliphatic rings. The van der Waals surface area contributed by atoms with Crippen molar-refractivity contribution in [3.8, 4) is 0 Å². The molecule has 1 aromatic carbocycles. The molecule has 0 radical (unpaired) electrons. The van der Waals surface area contributed by atoms with Crippen LogP contribution in [0.1, 0.15) is 42.5 Å². The summed E-state index contributed by atoms with van der Waals surface area (Å²) in [5.41, 5.74) is -0.846. The number of rotatable bonds is 4. The summed E-state index contributed by atoms with van der Waals surface area (Å²) < 4.78 is 0. The van der Waals surface area contributed by atoms with E-state index in [1.54, 1.807) is 4.90 Å².